The number of aromatic nitrogens is 1. The fourth-order valence-corrected chi connectivity index (χ4v) is 6.47. The summed E-state index contributed by atoms with van der Waals surface area (Å²) in [5, 5.41) is 11.4. The molecule has 2 bridgehead atoms. The number of hydrogen-bond acceptors (Lipinski definition) is 9. The van der Waals surface area contributed by atoms with Crippen LogP contribution in [0, 0.1) is 5.92 Å². The highest BCUT2D eigenvalue weighted by Gasteiger charge is 2.32. The fourth-order valence-electron chi connectivity index (χ4n) is 5.51. The Morgan fingerprint density at radius 2 is 1.78 bits per heavy atom. The van der Waals surface area contributed by atoms with Gasteiger partial charge >= 0.3 is 0 Å². The molecule has 0 saturated carbocycles. The summed E-state index contributed by atoms with van der Waals surface area (Å²) in [6.45, 7) is 5.58. The topological polar surface area (TPSA) is 220 Å². The third-order valence-corrected chi connectivity index (χ3v) is 9.05. The van der Waals surface area contributed by atoms with Gasteiger partial charge < -0.3 is 37.5 Å². The number of para-hydroxylation sites is 1. The molecule has 3 heterocycles. The number of carbonyl (C=O) groups is 5. The molecular formula is C36H46N8O6S. The second kappa shape index (κ2) is 18.6. The number of nitrogens with two attached hydrogens (primary N) is 2. The van der Waals surface area contributed by atoms with Crippen LogP contribution in [0.15, 0.2) is 65.7 Å². The number of nitrogens with zero attached hydrogens (tertiary/aromatic N) is 2. The molecule has 14 nitrogen and oxygen atoms in total. The Labute approximate surface area is 300 Å². The van der Waals surface area contributed by atoms with E-state index in [2.05, 4.69) is 31.2 Å². The first-order chi connectivity index (χ1) is 24.4. The lowest BCUT2D eigenvalue weighted by molar-refractivity contribution is -0.133. The molecule has 8 N–H and O–H groups in total. The van der Waals surface area contributed by atoms with Gasteiger partial charge in [0.25, 0.3) is 0 Å². The number of ketones is 1. The van der Waals surface area contributed by atoms with Gasteiger partial charge in [-0.15, -0.1) is 11.3 Å². The summed E-state index contributed by atoms with van der Waals surface area (Å²) >= 11 is 1.23. The quantitative estimate of drug-likeness (QED) is 0.0561. The van der Waals surface area contributed by atoms with Gasteiger partial charge in [-0.3, -0.25) is 29.0 Å². The Kier molecular flexibility index (Phi) is 14.1. The first-order valence-electron chi connectivity index (χ1n) is 16.9. The second-order valence-electron chi connectivity index (χ2n) is 12.7. The lowest BCUT2D eigenvalue weighted by Crippen LogP contribution is -2.58. The van der Waals surface area contributed by atoms with Crippen LogP contribution in [0.1, 0.15) is 61.8 Å². The number of benzene rings is 2. The van der Waals surface area contributed by atoms with Crippen LogP contribution in [-0.4, -0.2) is 77.7 Å². The maximum Gasteiger partial charge on any atom is 0.243 e. The van der Waals surface area contributed by atoms with E-state index in [1.807, 2.05) is 38.1 Å². The van der Waals surface area contributed by atoms with Crippen LogP contribution < -0.4 is 37.5 Å². The number of ether oxygens (including phenoxy) is 1. The molecule has 15 heteroatoms. The van der Waals surface area contributed by atoms with Gasteiger partial charge in [-0.2, -0.15) is 0 Å². The third-order valence-electron chi connectivity index (χ3n) is 8.00. The number of guanidine groups is 1. The summed E-state index contributed by atoms with van der Waals surface area (Å²) in [4.78, 5) is 75.8. The maximum atomic E-state index is 14.1. The SMILES string of the molecule is CC(=O)N[C@H]1C/C=C\COc2ccc(cc2)C[C@@H](C(=O)N[C@@H](CCCN=C(N)N)C(=O)c2nc3ccccc3s2)NC(=O)[C@H](CC(C)C)NC1=O. The largest absolute Gasteiger partial charge is 0.490 e. The van der Waals surface area contributed by atoms with Crippen molar-refractivity contribution >= 4 is 56.9 Å². The Morgan fingerprint density at radius 1 is 1.04 bits per heavy atom. The van der Waals surface area contributed by atoms with Gasteiger partial charge in [0.2, 0.25) is 29.4 Å². The van der Waals surface area contributed by atoms with Crippen LogP contribution in [0.3, 0.4) is 0 Å². The molecule has 0 aliphatic carbocycles. The summed E-state index contributed by atoms with van der Waals surface area (Å²) in [6, 6.07) is 10.4. The molecule has 0 radical (unpaired) electrons. The highest BCUT2D eigenvalue weighted by molar-refractivity contribution is 7.20. The van der Waals surface area contributed by atoms with E-state index in [9.17, 15) is 24.0 Å². The fraction of sp³-hybridized carbons (Fsp3) is 0.417. The molecule has 3 aromatic rings. The number of thiazole rings is 1. The van der Waals surface area contributed by atoms with Gasteiger partial charge in [0.05, 0.1) is 16.3 Å². The molecule has 51 heavy (non-hydrogen) atoms. The monoisotopic (exact) mass is 718 g/mol. The number of Topliss-reactive ketones (excluding diaryl/α,β-unsaturated/α-hetero) is 1. The molecule has 1 aromatic heterocycles. The molecule has 4 atom stereocenters. The molecule has 4 amide bonds. The van der Waals surface area contributed by atoms with Gasteiger partial charge in [-0.25, -0.2) is 4.98 Å². The van der Waals surface area contributed by atoms with Crippen LogP contribution in [0.2, 0.25) is 0 Å². The normalized spacial score (nSPS) is 19.6. The molecule has 2 aliphatic rings. The minimum Gasteiger partial charge on any atom is -0.490 e. The Hall–Kier alpha value is -5.31. The lowest BCUT2D eigenvalue weighted by Gasteiger charge is -2.27. The van der Waals surface area contributed by atoms with Crippen LogP contribution in [0.5, 0.6) is 5.75 Å². The van der Waals surface area contributed by atoms with Gasteiger partial charge in [-0.1, -0.05) is 50.3 Å². The summed E-state index contributed by atoms with van der Waals surface area (Å²) in [5.74, 6) is -2.03. The Bertz CT molecular complexity index is 1720. The third kappa shape index (κ3) is 11.9. The zero-order valence-electron chi connectivity index (χ0n) is 29.0. The standard InChI is InChI=1S/C36H46N8O6S/c1-21(2)19-28-33(48)43-29(20-23-13-15-24(16-14-23)50-18-7-6-10-27(32(47)42-28)40-22(3)45)34(49)41-26(11-8-17-39-36(37)38)31(46)35-44-25-9-4-5-12-30(25)51-35/h4-7,9,12-16,21,26-29H,8,10-11,17-20H2,1-3H3,(H,40,45)(H,41,49)(H,42,47)(H,43,48)(H4,37,38,39)/b7-6-/t26-,27-,28-,29-/m0/s1. The lowest BCUT2D eigenvalue weighted by atomic mass is 9.99. The summed E-state index contributed by atoms with van der Waals surface area (Å²) < 4.78 is 6.62. The van der Waals surface area contributed by atoms with Crippen LogP contribution in [-0.2, 0) is 25.6 Å². The van der Waals surface area contributed by atoms with E-state index >= 15 is 0 Å². The zero-order chi connectivity index (χ0) is 36.9. The average molecular weight is 719 g/mol. The van der Waals surface area contributed by atoms with E-state index < -0.39 is 47.8 Å². The van der Waals surface area contributed by atoms with Gasteiger partial charge in [0.15, 0.2) is 11.0 Å². The van der Waals surface area contributed by atoms with Gasteiger partial charge in [0, 0.05) is 19.9 Å². The van der Waals surface area contributed by atoms with Crippen molar-refractivity contribution in [3.8, 4) is 5.75 Å². The van der Waals surface area contributed by atoms with Crippen molar-refractivity contribution in [1.82, 2.24) is 26.3 Å². The van der Waals surface area contributed by atoms with Crippen molar-refractivity contribution in [3.05, 3.63) is 71.3 Å². The van der Waals surface area contributed by atoms with Gasteiger partial charge in [-0.05, 0) is 61.4 Å². The van der Waals surface area contributed by atoms with Crippen molar-refractivity contribution < 1.29 is 28.7 Å². The first kappa shape index (κ1) is 38.5. The van der Waals surface area contributed by atoms with E-state index in [4.69, 9.17) is 16.2 Å². The van der Waals surface area contributed by atoms with E-state index in [0.29, 0.717) is 17.7 Å². The van der Waals surface area contributed by atoms with Crippen LogP contribution in [0.25, 0.3) is 10.2 Å². The second-order valence-corrected chi connectivity index (χ2v) is 13.8. The molecular weight excluding hydrogens is 673 g/mol. The molecule has 0 unspecified atom stereocenters. The number of aliphatic imine (C=N–C) groups is 1. The Balaban J connectivity index is 1.65. The minimum atomic E-state index is -1.14. The van der Waals surface area contributed by atoms with E-state index in [1.54, 1.807) is 36.4 Å². The summed E-state index contributed by atoms with van der Waals surface area (Å²) in [5.41, 5.74) is 12.4. The van der Waals surface area contributed by atoms with Crippen LogP contribution in [0.4, 0.5) is 0 Å². The molecule has 5 rings (SSSR count). The number of hydrogen-bond donors (Lipinski definition) is 6. The zero-order valence-corrected chi connectivity index (χ0v) is 29.8. The molecule has 2 aromatic carbocycles. The Morgan fingerprint density at radius 3 is 2.47 bits per heavy atom. The van der Waals surface area contributed by atoms with Crippen molar-refractivity contribution in [2.24, 2.45) is 22.4 Å². The summed E-state index contributed by atoms with van der Waals surface area (Å²) in [6.07, 6.45) is 4.57. The van der Waals surface area contributed by atoms with Crippen LogP contribution >= 0.6 is 11.3 Å². The van der Waals surface area contributed by atoms with E-state index in [1.165, 1.54) is 18.3 Å². The minimum absolute atomic E-state index is 0.00716. The molecule has 0 fully saturated rings. The number of nitrogens with one attached hydrogen (secondary N) is 4. The highest BCUT2D eigenvalue weighted by atomic mass is 32.1. The highest BCUT2D eigenvalue weighted by Crippen LogP contribution is 2.23. The molecule has 2 aliphatic heterocycles. The molecule has 0 saturated heterocycles. The van der Waals surface area contributed by atoms with Gasteiger partial charge in [0.1, 0.15) is 30.5 Å². The van der Waals surface area contributed by atoms with Crippen molar-refractivity contribution in [3.63, 3.8) is 0 Å². The molecule has 0 spiro atoms. The van der Waals surface area contributed by atoms with Crippen molar-refractivity contribution in [1.29, 1.82) is 0 Å². The maximum absolute atomic E-state index is 14.1. The van der Waals surface area contributed by atoms with Crippen molar-refractivity contribution in [2.75, 3.05) is 13.2 Å². The van der Waals surface area contributed by atoms with E-state index in [0.717, 1.165) is 10.3 Å². The number of carbonyl (C=O) groups excluding carboxylic acids is 5. The van der Waals surface area contributed by atoms with E-state index in [-0.39, 0.29) is 61.5 Å². The molecule has 272 valence electrons. The number of rotatable bonds is 11. The summed E-state index contributed by atoms with van der Waals surface area (Å²) in [7, 11) is 0. The smallest absolute Gasteiger partial charge is 0.243 e. The number of fused-ring (bicyclic) bond motifs is 14. The number of amides is 4. The predicted molar refractivity (Wildman–Crippen MR) is 196 cm³/mol. The van der Waals surface area contributed by atoms with Crippen molar-refractivity contribution in [2.45, 2.75) is 77.0 Å². The predicted octanol–water partition coefficient (Wildman–Crippen LogP) is 2.12. The average Bonchev–Trinajstić information content (AvgIpc) is 3.52. The first-order valence-corrected chi connectivity index (χ1v) is 17.7.